The first kappa shape index (κ1) is 24.0. The second-order valence-electron chi connectivity index (χ2n) is 12.9. The third-order valence-electron chi connectivity index (χ3n) is 8.48. The van der Waals surface area contributed by atoms with Gasteiger partial charge in [0.15, 0.2) is 0 Å². The molecule has 3 unspecified atom stereocenters. The van der Waals surface area contributed by atoms with Gasteiger partial charge < -0.3 is 14.9 Å². The van der Waals surface area contributed by atoms with E-state index >= 15 is 0 Å². The number of rotatable bonds is 2. The molecule has 2 heterocycles. The van der Waals surface area contributed by atoms with Crippen molar-refractivity contribution in [3.63, 3.8) is 0 Å². The summed E-state index contributed by atoms with van der Waals surface area (Å²) < 4.78 is 7.05. The molecule has 1 aromatic heterocycles. The molecule has 34 heavy (non-hydrogen) atoms. The number of aliphatic hydroxyl groups excluding tert-OH is 2. The molecule has 1 fully saturated rings. The largest absolute Gasteiger partial charge is 0.388 e. The number of fused-ring (bicyclic) bond motifs is 4. The number of ether oxygens (including phenoxy) is 1. The van der Waals surface area contributed by atoms with Crippen LogP contribution in [-0.2, 0) is 15.8 Å². The van der Waals surface area contributed by atoms with Gasteiger partial charge in [-0.05, 0) is 52.7 Å². The van der Waals surface area contributed by atoms with E-state index in [0.29, 0.717) is 12.1 Å². The Bertz CT molecular complexity index is 1090. The predicted molar refractivity (Wildman–Crippen MR) is 135 cm³/mol. The van der Waals surface area contributed by atoms with Crippen LogP contribution < -0.4 is 0 Å². The molecule has 4 heteroatoms. The zero-order valence-corrected chi connectivity index (χ0v) is 21.9. The highest BCUT2D eigenvalue weighted by atomic mass is 16.5. The predicted octanol–water partition coefficient (Wildman–Crippen LogP) is 6.89. The molecule has 0 saturated heterocycles. The van der Waals surface area contributed by atoms with Crippen LogP contribution in [0.5, 0.6) is 0 Å². The van der Waals surface area contributed by atoms with Crippen LogP contribution in [0.2, 0.25) is 0 Å². The lowest BCUT2D eigenvalue weighted by Crippen LogP contribution is -2.35. The first-order valence-corrected chi connectivity index (χ1v) is 13.1. The Morgan fingerprint density at radius 2 is 1.62 bits per heavy atom. The van der Waals surface area contributed by atoms with Crippen molar-refractivity contribution in [2.24, 2.45) is 5.41 Å². The molecule has 184 valence electrons. The molecule has 2 aromatic rings. The quantitative estimate of drug-likeness (QED) is 0.509. The molecule has 0 radical (unpaired) electrons. The summed E-state index contributed by atoms with van der Waals surface area (Å²) in [4.78, 5) is 5.11. The smallest absolute Gasteiger partial charge is 0.111 e. The summed E-state index contributed by atoms with van der Waals surface area (Å²) in [6, 6.07) is 8.86. The second kappa shape index (κ2) is 7.88. The van der Waals surface area contributed by atoms with Crippen LogP contribution in [0.1, 0.15) is 144 Å². The van der Waals surface area contributed by atoms with Crippen LogP contribution in [0.25, 0.3) is 0 Å². The zero-order valence-electron chi connectivity index (χ0n) is 21.9. The average molecular weight is 464 g/mol. The Kier molecular flexibility index (Phi) is 5.55. The lowest BCUT2D eigenvalue weighted by molar-refractivity contribution is -0.0598. The van der Waals surface area contributed by atoms with Crippen LogP contribution in [0.15, 0.2) is 24.3 Å². The van der Waals surface area contributed by atoms with Gasteiger partial charge in [0.1, 0.15) is 12.2 Å². The lowest BCUT2D eigenvalue weighted by Gasteiger charge is -2.41. The summed E-state index contributed by atoms with van der Waals surface area (Å²) in [5, 5.41) is 22.8. The minimum Gasteiger partial charge on any atom is -0.388 e. The van der Waals surface area contributed by atoms with E-state index < -0.39 is 23.2 Å². The van der Waals surface area contributed by atoms with Crippen molar-refractivity contribution in [3.8, 4) is 0 Å². The first-order chi connectivity index (χ1) is 15.9. The molecular formula is C30H41NO3. The van der Waals surface area contributed by atoms with E-state index in [0.717, 1.165) is 53.6 Å². The minimum atomic E-state index is -0.697. The fourth-order valence-electron chi connectivity index (χ4n) is 6.53. The van der Waals surface area contributed by atoms with E-state index in [2.05, 4.69) is 58.9 Å². The van der Waals surface area contributed by atoms with Gasteiger partial charge in [-0.15, -0.1) is 0 Å². The molecule has 0 amide bonds. The molecule has 3 aliphatic rings. The molecule has 1 aromatic carbocycles. The normalized spacial score (nSPS) is 27.3. The molecule has 1 aliphatic heterocycles. The Labute approximate surface area is 204 Å². The maximum atomic E-state index is 11.4. The number of hydrogen-bond donors (Lipinski definition) is 2. The minimum absolute atomic E-state index is 0.0937. The van der Waals surface area contributed by atoms with Crippen molar-refractivity contribution in [1.29, 1.82) is 0 Å². The van der Waals surface area contributed by atoms with Crippen molar-refractivity contribution >= 4 is 0 Å². The van der Waals surface area contributed by atoms with Crippen molar-refractivity contribution in [2.75, 3.05) is 0 Å². The molecule has 5 rings (SSSR count). The molecule has 2 N–H and O–H groups in total. The Morgan fingerprint density at radius 1 is 1.00 bits per heavy atom. The first-order valence-electron chi connectivity index (χ1n) is 13.1. The highest BCUT2D eigenvalue weighted by Gasteiger charge is 2.54. The Hall–Kier alpha value is -1.75. The number of hydrogen-bond acceptors (Lipinski definition) is 4. The van der Waals surface area contributed by atoms with E-state index in [4.69, 9.17) is 9.72 Å². The third kappa shape index (κ3) is 3.56. The van der Waals surface area contributed by atoms with Gasteiger partial charge in [0.2, 0.25) is 0 Å². The van der Waals surface area contributed by atoms with Crippen molar-refractivity contribution in [2.45, 2.75) is 116 Å². The summed E-state index contributed by atoms with van der Waals surface area (Å²) in [7, 11) is 0. The van der Waals surface area contributed by atoms with E-state index in [1.165, 1.54) is 5.56 Å². The van der Waals surface area contributed by atoms with Crippen LogP contribution in [0, 0.1) is 5.41 Å². The second-order valence-corrected chi connectivity index (χ2v) is 12.9. The van der Waals surface area contributed by atoms with Gasteiger partial charge in [-0.3, -0.25) is 4.98 Å². The molecule has 0 bridgehead atoms. The number of aromatic nitrogens is 1. The fourth-order valence-corrected chi connectivity index (χ4v) is 6.53. The van der Waals surface area contributed by atoms with Crippen LogP contribution in [0.3, 0.4) is 0 Å². The van der Waals surface area contributed by atoms with Gasteiger partial charge in [-0.1, -0.05) is 85.6 Å². The van der Waals surface area contributed by atoms with E-state index in [-0.39, 0.29) is 17.4 Å². The van der Waals surface area contributed by atoms with Gasteiger partial charge in [-0.2, -0.15) is 0 Å². The van der Waals surface area contributed by atoms with Crippen LogP contribution >= 0.6 is 0 Å². The lowest BCUT2D eigenvalue weighted by atomic mass is 9.69. The third-order valence-corrected chi connectivity index (χ3v) is 8.48. The fraction of sp³-hybridized carbons (Fsp3) is 0.633. The Morgan fingerprint density at radius 3 is 2.18 bits per heavy atom. The summed E-state index contributed by atoms with van der Waals surface area (Å²) in [6.45, 7) is 15.1. The van der Waals surface area contributed by atoms with Crippen molar-refractivity contribution in [1.82, 2.24) is 4.98 Å². The molecule has 1 spiro atoms. The summed E-state index contributed by atoms with van der Waals surface area (Å²) in [5.41, 5.74) is 6.53. The van der Waals surface area contributed by atoms with Gasteiger partial charge in [-0.25, -0.2) is 0 Å². The van der Waals surface area contributed by atoms with Gasteiger partial charge in [0.05, 0.1) is 17.4 Å². The van der Waals surface area contributed by atoms with E-state index in [1.54, 1.807) is 0 Å². The zero-order chi connectivity index (χ0) is 24.6. The summed E-state index contributed by atoms with van der Waals surface area (Å²) in [5.74, 6) is 0.185. The molecular weight excluding hydrogens is 422 g/mol. The van der Waals surface area contributed by atoms with Crippen molar-refractivity contribution in [3.05, 3.63) is 63.5 Å². The highest BCUT2D eigenvalue weighted by molar-refractivity contribution is 5.55. The van der Waals surface area contributed by atoms with Crippen LogP contribution in [-0.4, -0.2) is 15.2 Å². The number of benzene rings is 1. The van der Waals surface area contributed by atoms with Crippen molar-refractivity contribution < 1.29 is 14.9 Å². The average Bonchev–Trinajstić information content (AvgIpc) is 3.36. The SMILES string of the molecule is CC(C)c1nc2c(c3c1C(c1ccc(C(C)(C)C)cc1)OC31CCCC1)C(O)CC(C)(C)C2O. The van der Waals surface area contributed by atoms with Gasteiger partial charge >= 0.3 is 0 Å². The number of nitrogens with zero attached hydrogens (tertiary/aromatic N) is 1. The molecule has 3 atom stereocenters. The number of aliphatic hydroxyl groups is 2. The summed E-state index contributed by atoms with van der Waals surface area (Å²) in [6.07, 6.45) is 3.14. The summed E-state index contributed by atoms with van der Waals surface area (Å²) >= 11 is 0. The Balaban J connectivity index is 1.76. The van der Waals surface area contributed by atoms with Gasteiger partial charge in [0, 0.05) is 16.8 Å². The molecule has 1 saturated carbocycles. The maximum absolute atomic E-state index is 11.4. The highest BCUT2D eigenvalue weighted by Crippen LogP contribution is 2.60. The van der Waals surface area contributed by atoms with Gasteiger partial charge in [0.25, 0.3) is 0 Å². The molecule has 4 nitrogen and oxygen atoms in total. The van der Waals surface area contributed by atoms with Crippen LogP contribution in [0.4, 0.5) is 0 Å². The number of pyridine rings is 1. The molecule has 2 aliphatic carbocycles. The monoisotopic (exact) mass is 463 g/mol. The maximum Gasteiger partial charge on any atom is 0.111 e. The standard InChI is InChI=1S/C30H41NO3/c1-17(2)24-22-23(21-20(32)16-29(6,7)27(33)25(21)31-24)30(14-8-9-15-30)34-26(22)18-10-12-19(13-11-18)28(3,4)5/h10-13,17,20,26-27,32-33H,8-9,14-16H2,1-7H3. The van der Waals surface area contributed by atoms with E-state index in [9.17, 15) is 10.2 Å². The topological polar surface area (TPSA) is 62.6 Å². The van der Waals surface area contributed by atoms with E-state index in [1.807, 2.05) is 13.8 Å².